The molecular weight excluding hydrogens is 279 g/mol. The van der Waals surface area contributed by atoms with Crippen LogP contribution in [0.2, 0.25) is 0 Å². The zero-order valence-electron chi connectivity index (χ0n) is 8.34. The van der Waals surface area contributed by atoms with E-state index in [0.29, 0.717) is 6.07 Å². The van der Waals surface area contributed by atoms with E-state index in [9.17, 15) is 21.6 Å². The van der Waals surface area contributed by atoms with Crippen molar-refractivity contribution in [3.8, 4) is 6.07 Å². The molecule has 0 aliphatic carbocycles. The predicted molar refractivity (Wildman–Crippen MR) is 53.9 cm³/mol. The molecule has 0 saturated carbocycles. The van der Waals surface area contributed by atoms with E-state index in [-0.39, 0.29) is 0 Å². The van der Waals surface area contributed by atoms with E-state index in [4.69, 9.17) is 15.9 Å². The minimum absolute atomic E-state index is 0.415. The first-order valence-corrected chi connectivity index (χ1v) is 6.45. The molecule has 0 aliphatic heterocycles. The number of alkyl halides is 3. The lowest BCUT2D eigenvalue weighted by molar-refractivity contribution is -0.138. The third-order valence-electron chi connectivity index (χ3n) is 2.06. The molecule has 1 rings (SSSR count). The van der Waals surface area contributed by atoms with Crippen molar-refractivity contribution in [1.29, 1.82) is 5.26 Å². The Bertz CT molecular complexity index is 602. The molecule has 0 radical (unpaired) electrons. The van der Waals surface area contributed by atoms with Gasteiger partial charge in [0.05, 0.1) is 22.1 Å². The minimum Gasteiger partial charge on any atom is -0.207 e. The Morgan fingerprint density at radius 1 is 1.35 bits per heavy atom. The molecule has 0 bridgehead atoms. The van der Waals surface area contributed by atoms with Gasteiger partial charge in [-0.1, -0.05) is 0 Å². The summed E-state index contributed by atoms with van der Waals surface area (Å²) >= 11 is 0. The summed E-state index contributed by atoms with van der Waals surface area (Å²) in [6.45, 7) is 0.985. The van der Waals surface area contributed by atoms with E-state index < -0.39 is 36.8 Å². The number of nitriles is 1. The van der Waals surface area contributed by atoms with Gasteiger partial charge in [0.25, 0.3) is 9.05 Å². The fourth-order valence-corrected chi connectivity index (χ4v) is 2.52. The Hall–Kier alpha value is -1.26. The second kappa shape index (κ2) is 4.20. The fourth-order valence-electron chi connectivity index (χ4n) is 1.30. The molecule has 8 heteroatoms. The minimum atomic E-state index is -4.74. The maximum atomic E-state index is 12.6. The first kappa shape index (κ1) is 13.8. The number of halogens is 4. The molecule has 3 nitrogen and oxygen atoms in total. The van der Waals surface area contributed by atoms with E-state index in [0.717, 1.165) is 13.0 Å². The maximum Gasteiger partial charge on any atom is 0.416 e. The van der Waals surface area contributed by atoms with Crippen molar-refractivity contribution in [1.82, 2.24) is 0 Å². The van der Waals surface area contributed by atoms with Gasteiger partial charge in [-0.2, -0.15) is 18.4 Å². The van der Waals surface area contributed by atoms with Crippen molar-refractivity contribution < 1.29 is 21.6 Å². The van der Waals surface area contributed by atoms with Gasteiger partial charge in [0.2, 0.25) is 0 Å². The van der Waals surface area contributed by atoms with Crippen LogP contribution in [0.5, 0.6) is 0 Å². The second-order valence-electron chi connectivity index (χ2n) is 3.19. The van der Waals surface area contributed by atoms with E-state index in [1.165, 1.54) is 6.07 Å². The summed E-state index contributed by atoms with van der Waals surface area (Å²) in [6, 6.07) is 2.85. The highest BCUT2D eigenvalue weighted by Gasteiger charge is 2.35. The van der Waals surface area contributed by atoms with Crippen LogP contribution in [0.1, 0.15) is 16.7 Å². The van der Waals surface area contributed by atoms with Crippen molar-refractivity contribution in [3.63, 3.8) is 0 Å². The number of hydrogen-bond acceptors (Lipinski definition) is 3. The summed E-state index contributed by atoms with van der Waals surface area (Å²) in [4.78, 5) is -0.703. The summed E-state index contributed by atoms with van der Waals surface area (Å²) in [7, 11) is 0.683. The molecule has 1 aromatic carbocycles. The maximum absolute atomic E-state index is 12.6. The van der Waals surface area contributed by atoms with Crippen molar-refractivity contribution in [3.05, 3.63) is 28.8 Å². The van der Waals surface area contributed by atoms with Gasteiger partial charge >= 0.3 is 6.18 Å². The van der Waals surface area contributed by atoms with Gasteiger partial charge in [-0.3, -0.25) is 0 Å². The zero-order chi connectivity index (χ0) is 13.4. The highest BCUT2D eigenvalue weighted by atomic mass is 35.7. The third kappa shape index (κ3) is 2.90. The highest BCUT2D eigenvalue weighted by molar-refractivity contribution is 8.13. The molecule has 17 heavy (non-hydrogen) atoms. The SMILES string of the molecule is Cc1c(C(F)(F)F)cc(C#N)cc1S(=O)(=O)Cl. The topological polar surface area (TPSA) is 57.9 Å². The van der Waals surface area contributed by atoms with Crippen LogP contribution < -0.4 is 0 Å². The van der Waals surface area contributed by atoms with Crippen LogP contribution in [0.15, 0.2) is 17.0 Å². The lowest BCUT2D eigenvalue weighted by atomic mass is 10.1. The lowest BCUT2D eigenvalue weighted by Gasteiger charge is -2.12. The first-order valence-electron chi connectivity index (χ1n) is 4.14. The molecule has 0 aliphatic rings. The quantitative estimate of drug-likeness (QED) is 0.745. The molecule has 0 aromatic heterocycles. The van der Waals surface area contributed by atoms with Crippen LogP contribution >= 0.6 is 10.7 Å². The Kier molecular flexibility index (Phi) is 3.41. The normalized spacial score (nSPS) is 12.2. The molecule has 0 saturated heterocycles. The monoisotopic (exact) mass is 283 g/mol. The van der Waals surface area contributed by atoms with Crippen LogP contribution in [-0.4, -0.2) is 8.42 Å². The molecular formula is C9H5ClF3NO2S. The molecule has 0 spiro atoms. The van der Waals surface area contributed by atoms with Gasteiger partial charge in [0.15, 0.2) is 0 Å². The van der Waals surface area contributed by atoms with Gasteiger partial charge in [-0.25, -0.2) is 8.42 Å². The third-order valence-corrected chi connectivity index (χ3v) is 3.51. The molecule has 92 valence electrons. The standard InChI is InChI=1S/C9H5ClF3NO2S/c1-5-7(9(11,12)13)2-6(4-14)3-8(5)17(10,15)16/h2-3H,1H3. The average molecular weight is 284 g/mol. The van der Waals surface area contributed by atoms with Crippen molar-refractivity contribution in [2.24, 2.45) is 0 Å². The summed E-state index contributed by atoms with van der Waals surface area (Å²) in [5.41, 5.74) is -2.12. The van der Waals surface area contributed by atoms with Crippen molar-refractivity contribution >= 4 is 19.7 Å². The van der Waals surface area contributed by atoms with Crippen molar-refractivity contribution in [2.45, 2.75) is 18.0 Å². The van der Waals surface area contributed by atoms with E-state index >= 15 is 0 Å². The summed E-state index contributed by atoms with van der Waals surface area (Å²) < 4.78 is 59.9. The van der Waals surface area contributed by atoms with Crippen LogP contribution in [0.4, 0.5) is 13.2 Å². The van der Waals surface area contributed by atoms with E-state index in [1.807, 2.05) is 0 Å². The first-order chi connectivity index (χ1) is 7.57. The van der Waals surface area contributed by atoms with E-state index in [1.54, 1.807) is 0 Å². The van der Waals surface area contributed by atoms with Crippen LogP contribution in [0.3, 0.4) is 0 Å². The van der Waals surface area contributed by atoms with Gasteiger partial charge < -0.3 is 0 Å². The van der Waals surface area contributed by atoms with Gasteiger partial charge in [0.1, 0.15) is 0 Å². The molecule has 1 aromatic rings. The average Bonchev–Trinajstić information content (AvgIpc) is 2.14. The number of benzene rings is 1. The molecule has 0 unspecified atom stereocenters. The van der Waals surface area contributed by atoms with Crippen molar-refractivity contribution in [2.75, 3.05) is 0 Å². The van der Waals surface area contributed by atoms with Crippen LogP contribution in [0, 0.1) is 18.3 Å². The fraction of sp³-hybridized carbons (Fsp3) is 0.222. The number of rotatable bonds is 1. The molecule has 0 atom stereocenters. The Labute approximate surface area is 99.8 Å². The Balaban J connectivity index is 3.73. The number of nitrogens with zero attached hydrogens (tertiary/aromatic N) is 1. The van der Waals surface area contributed by atoms with Gasteiger partial charge in [-0.15, -0.1) is 0 Å². The summed E-state index contributed by atoms with van der Waals surface area (Å²) in [5, 5.41) is 8.55. The Morgan fingerprint density at radius 2 is 1.88 bits per heavy atom. The zero-order valence-corrected chi connectivity index (χ0v) is 9.91. The predicted octanol–water partition coefficient (Wildman–Crippen LogP) is 2.81. The molecule has 0 heterocycles. The molecule has 0 amide bonds. The van der Waals surface area contributed by atoms with Crippen LogP contribution in [0.25, 0.3) is 0 Å². The van der Waals surface area contributed by atoms with E-state index in [2.05, 4.69) is 0 Å². The highest BCUT2D eigenvalue weighted by Crippen LogP contribution is 2.36. The number of hydrogen-bond donors (Lipinski definition) is 0. The summed E-state index contributed by atoms with van der Waals surface area (Å²) in [6.07, 6.45) is -4.74. The largest absolute Gasteiger partial charge is 0.416 e. The lowest BCUT2D eigenvalue weighted by Crippen LogP contribution is -2.11. The molecule has 0 fully saturated rings. The van der Waals surface area contributed by atoms with Gasteiger partial charge in [-0.05, 0) is 24.6 Å². The Morgan fingerprint density at radius 3 is 2.24 bits per heavy atom. The smallest absolute Gasteiger partial charge is 0.207 e. The van der Waals surface area contributed by atoms with Gasteiger partial charge in [0, 0.05) is 10.7 Å². The summed E-state index contributed by atoms with van der Waals surface area (Å²) in [5.74, 6) is 0. The second-order valence-corrected chi connectivity index (χ2v) is 5.73. The molecule has 0 N–H and O–H groups in total. The van der Waals surface area contributed by atoms with Crippen LogP contribution in [-0.2, 0) is 15.2 Å².